The average molecular weight is 331 g/mol. The van der Waals surface area contributed by atoms with Crippen LogP contribution in [0.2, 0.25) is 15.1 Å². The van der Waals surface area contributed by atoms with E-state index >= 15 is 0 Å². The van der Waals surface area contributed by atoms with Gasteiger partial charge in [0.15, 0.2) is 0 Å². The first-order valence-corrected chi connectivity index (χ1v) is 7.12. The van der Waals surface area contributed by atoms with Gasteiger partial charge in [-0.2, -0.15) is 0 Å². The van der Waals surface area contributed by atoms with Gasteiger partial charge < -0.3 is 10.2 Å². The summed E-state index contributed by atoms with van der Waals surface area (Å²) in [5, 5.41) is 4.79. The van der Waals surface area contributed by atoms with Gasteiger partial charge in [-0.3, -0.25) is 0 Å². The first-order valence-electron chi connectivity index (χ1n) is 5.98. The molecule has 0 saturated carbocycles. The number of nitrogens with one attached hydrogen (secondary N) is 1. The quantitative estimate of drug-likeness (QED) is 0.822. The van der Waals surface area contributed by atoms with Gasteiger partial charge >= 0.3 is 0 Å². The van der Waals surface area contributed by atoms with E-state index < -0.39 is 0 Å². The lowest BCUT2D eigenvalue weighted by Gasteiger charge is -2.13. The van der Waals surface area contributed by atoms with Crippen LogP contribution in [0, 0.1) is 0 Å². The van der Waals surface area contributed by atoms with Gasteiger partial charge in [0.25, 0.3) is 0 Å². The Morgan fingerprint density at radius 3 is 2.35 bits per heavy atom. The molecule has 106 valence electrons. The van der Waals surface area contributed by atoms with Gasteiger partial charge in [0.2, 0.25) is 0 Å². The number of anilines is 2. The molecule has 1 aromatic carbocycles. The van der Waals surface area contributed by atoms with Crippen LogP contribution < -0.4 is 10.2 Å². The van der Waals surface area contributed by atoms with Crippen LogP contribution in [0.3, 0.4) is 0 Å². The molecular formula is C14H14Cl3N3. The first kappa shape index (κ1) is 15.2. The molecule has 0 radical (unpaired) electrons. The minimum Gasteiger partial charge on any atom is -0.380 e. The van der Waals surface area contributed by atoms with Gasteiger partial charge in [-0.05, 0) is 24.3 Å². The minimum atomic E-state index is 0.476. The van der Waals surface area contributed by atoms with Crippen molar-refractivity contribution in [1.29, 1.82) is 0 Å². The second kappa shape index (κ2) is 6.53. The zero-order valence-corrected chi connectivity index (χ0v) is 13.4. The molecule has 0 aliphatic rings. The summed E-state index contributed by atoms with van der Waals surface area (Å²) in [7, 11) is 3.89. The van der Waals surface area contributed by atoms with Gasteiger partial charge in [-0.15, -0.1) is 0 Å². The lowest BCUT2D eigenvalue weighted by Crippen LogP contribution is -2.10. The summed E-state index contributed by atoms with van der Waals surface area (Å²) in [4.78, 5) is 6.26. The maximum atomic E-state index is 6.15. The maximum absolute atomic E-state index is 6.15. The van der Waals surface area contributed by atoms with Crippen molar-refractivity contribution in [3.63, 3.8) is 0 Å². The summed E-state index contributed by atoms with van der Waals surface area (Å²) < 4.78 is 0. The van der Waals surface area contributed by atoms with Crippen LogP contribution in [0.4, 0.5) is 11.5 Å². The molecule has 0 atom stereocenters. The van der Waals surface area contributed by atoms with Gasteiger partial charge in [0.1, 0.15) is 5.82 Å². The Labute approximate surface area is 133 Å². The molecule has 1 N–H and O–H groups in total. The molecule has 0 unspecified atom stereocenters. The second-order valence-electron chi connectivity index (χ2n) is 4.47. The number of hydrogen-bond acceptors (Lipinski definition) is 3. The van der Waals surface area contributed by atoms with Crippen LogP contribution in [0.1, 0.15) is 5.56 Å². The van der Waals surface area contributed by atoms with E-state index in [0.29, 0.717) is 21.6 Å². The molecule has 1 aromatic heterocycles. The lowest BCUT2D eigenvalue weighted by atomic mass is 10.2. The van der Waals surface area contributed by atoms with Crippen LogP contribution in [-0.2, 0) is 6.54 Å². The standard InChI is InChI=1S/C14H14Cl3N3/c1-20(2)13-6-3-9(7-19-13)18-8-10-11(15)4-5-12(16)14(10)17/h3-7,18H,8H2,1-2H3. The average Bonchev–Trinajstić information content (AvgIpc) is 2.43. The number of halogens is 3. The van der Waals surface area contributed by atoms with Crippen molar-refractivity contribution in [3.05, 3.63) is 51.1 Å². The molecule has 0 aliphatic heterocycles. The van der Waals surface area contributed by atoms with E-state index in [1.165, 1.54) is 0 Å². The maximum Gasteiger partial charge on any atom is 0.128 e. The van der Waals surface area contributed by atoms with E-state index in [9.17, 15) is 0 Å². The number of aromatic nitrogens is 1. The highest BCUT2D eigenvalue weighted by Gasteiger charge is 2.09. The molecule has 0 aliphatic carbocycles. The van der Waals surface area contributed by atoms with Gasteiger partial charge in [-0.1, -0.05) is 34.8 Å². The van der Waals surface area contributed by atoms with Crippen LogP contribution >= 0.6 is 34.8 Å². The normalized spacial score (nSPS) is 10.4. The molecule has 0 amide bonds. The zero-order chi connectivity index (χ0) is 14.7. The molecule has 2 rings (SSSR count). The molecule has 2 aromatic rings. The summed E-state index contributed by atoms with van der Waals surface area (Å²) in [6.07, 6.45) is 1.77. The van der Waals surface area contributed by atoms with Crippen molar-refractivity contribution in [2.24, 2.45) is 0 Å². The van der Waals surface area contributed by atoms with Crippen molar-refractivity contribution in [2.45, 2.75) is 6.54 Å². The first-order chi connectivity index (χ1) is 9.49. The highest BCUT2D eigenvalue weighted by atomic mass is 35.5. The predicted octanol–water partition coefficient (Wildman–Crippen LogP) is 4.72. The summed E-state index contributed by atoms with van der Waals surface area (Å²) >= 11 is 18.3. The summed E-state index contributed by atoms with van der Waals surface area (Å²) in [6, 6.07) is 7.31. The van der Waals surface area contributed by atoms with Crippen LogP contribution in [0.15, 0.2) is 30.5 Å². The van der Waals surface area contributed by atoms with Crippen molar-refractivity contribution in [1.82, 2.24) is 4.98 Å². The fourth-order valence-corrected chi connectivity index (χ4v) is 2.36. The van der Waals surface area contributed by atoms with Gasteiger partial charge in [0, 0.05) is 31.2 Å². The van der Waals surface area contributed by atoms with Crippen molar-refractivity contribution in [3.8, 4) is 0 Å². The fraction of sp³-hybridized carbons (Fsp3) is 0.214. The van der Waals surface area contributed by atoms with Crippen molar-refractivity contribution < 1.29 is 0 Å². The summed E-state index contributed by atoms with van der Waals surface area (Å²) in [6.45, 7) is 0.487. The predicted molar refractivity (Wildman–Crippen MR) is 87.4 cm³/mol. The zero-order valence-electron chi connectivity index (χ0n) is 11.1. The van der Waals surface area contributed by atoms with E-state index in [1.807, 2.05) is 31.1 Å². The smallest absolute Gasteiger partial charge is 0.128 e. The third kappa shape index (κ3) is 3.48. The molecule has 0 spiro atoms. The fourth-order valence-electron chi connectivity index (χ4n) is 1.68. The van der Waals surface area contributed by atoms with Gasteiger partial charge in [0.05, 0.1) is 21.9 Å². The Hall–Kier alpha value is -1.16. The van der Waals surface area contributed by atoms with Crippen molar-refractivity contribution >= 4 is 46.3 Å². The SMILES string of the molecule is CN(C)c1ccc(NCc2c(Cl)ccc(Cl)c2Cl)cn1. The Kier molecular flexibility index (Phi) is 4.97. The van der Waals surface area contributed by atoms with Crippen LogP contribution in [0.25, 0.3) is 0 Å². The molecule has 20 heavy (non-hydrogen) atoms. The topological polar surface area (TPSA) is 28.2 Å². The highest BCUT2D eigenvalue weighted by Crippen LogP contribution is 2.31. The van der Waals surface area contributed by atoms with Crippen LogP contribution in [0.5, 0.6) is 0 Å². The minimum absolute atomic E-state index is 0.476. The monoisotopic (exact) mass is 329 g/mol. The lowest BCUT2D eigenvalue weighted by molar-refractivity contribution is 1.06. The Morgan fingerprint density at radius 2 is 1.75 bits per heavy atom. The molecule has 0 fully saturated rings. The number of benzene rings is 1. The third-order valence-corrected chi connectivity index (χ3v) is 4.01. The number of pyridine rings is 1. The number of nitrogens with zero attached hydrogens (tertiary/aromatic N) is 2. The van der Waals surface area contributed by atoms with E-state index in [4.69, 9.17) is 34.8 Å². The third-order valence-electron chi connectivity index (χ3n) is 2.81. The van der Waals surface area contributed by atoms with Gasteiger partial charge in [-0.25, -0.2) is 4.98 Å². The molecular weight excluding hydrogens is 317 g/mol. The van der Waals surface area contributed by atoms with E-state index in [1.54, 1.807) is 18.3 Å². The molecule has 0 bridgehead atoms. The molecule has 0 saturated heterocycles. The van der Waals surface area contributed by atoms with E-state index in [-0.39, 0.29) is 0 Å². The largest absolute Gasteiger partial charge is 0.380 e. The Balaban J connectivity index is 2.11. The van der Waals surface area contributed by atoms with Crippen molar-refractivity contribution in [2.75, 3.05) is 24.3 Å². The van der Waals surface area contributed by atoms with E-state index in [0.717, 1.165) is 17.1 Å². The Morgan fingerprint density at radius 1 is 1.05 bits per heavy atom. The van der Waals surface area contributed by atoms with E-state index in [2.05, 4.69) is 10.3 Å². The highest BCUT2D eigenvalue weighted by molar-refractivity contribution is 6.44. The second-order valence-corrected chi connectivity index (χ2v) is 5.67. The molecule has 6 heteroatoms. The summed E-state index contributed by atoms with van der Waals surface area (Å²) in [5.74, 6) is 0.898. The number of rotatable bonds is 4. The van der Waals surface area contributed by atoms with Crippen LogP contribution in [-0.4, -0.2) is 19.1 Å². The molecule has 1 heterocycles. The summed E-state index contributed by atoms with van der Waals surface area (Å²) in [5.41, 5.74) is 1.67. The number of hydrogen-bond donors (Lipinski definition) is 1. The Bertz CT molecular complexity index is 597. The molecule has 3 nitrogen and oxygen atoms in total.